The summed E-state index contributed by atoms with van der Waals surface area (Å²) in [5.41, 5.74) is 0.162. The first-order valence-corrected chi connectivity index (χ1v) is 6.01. The van der Waals surface area contributed by atoms with Crippen molar-refractivity contribution >= 4 is 11.6 Å². The molecule has 0 unspecified atom stereocenters. The number of aliphatic hydroxyl groups is 1. The van der Waals surface area contributed by atoms with Crippen molar-refractivity contribution in [1.29, 1.82) is 0 Å². The van der Waals surface area contributed by atoms with Crippen LogP contribution in [0, 0.1) is 0 Å². The van der Waals surface area contributed by atoms with Crippen LogP contribution >= 0.6 is 11.6 Å². The molecule has 102 valence electrons. The van der Waals surface area contributed by atoms with Gasteiger partial charge in [-0.15, -0.1) is 0 Å². The zero-order valence-corrected chi connectivity index (χ0v) is 11.3. The van der Waals surface area contributed by atoms with E-state index in [4.69, 9.17) is 20.5 Å². The first-order chi connectivity index (χ1) is 10.0. The zero-order valence-electron chi connectivity index (χ0n) is 13.6. The third-order valence-electron chi connectivity index (χ3n) is 2.44. The van der Waals surface area contributed by atoms with Crippen molar-refractivity contribution in [1.82, 2.24) is 14.8 Å². The lowest BCUT2D eigenvalue weighted by Gasteiger charge is -2.16. The predicted octanol–water partition coefficient (Wildman–Crippen LogP) is 2.38. The lowest BCUT2D eigenvalue weighted by molar-refractivity contribution is 0.0577. The highest BCUT2D eigenvalue weighted by Gasteiger charge is 2.15. The maximum Gasteiger partial charge on any atom is 0.132 e. The number of hydrogen-bond donors (Lipinski definition) is 1. The van der Waals surface area contributed by atoms with Crippen LogP contribution < -0.4 is 4.74 Å². The van der Waals surface area contributed by atoms with Crippen molar-refractivity contribution in [2.24, 2.45) is 0 Å². The van der Waals surface area contributed by atoms with Crippen molar-refractivity contribution in [2.45, 2.75) is 26.0 Å². The Labute approximate surface area is 121 Å². The Bertz CT molecular complexity index is 665. The first-order valence-electron chi connectivity index (χ1n) is 7.13. The standard InChI is InChI=1S/C13H16ClN3O2/c1-13(2,18)8-17-7-9(5-16-17)10-6-15-12(14)4-11(10)19-3/h4-7,18H,8H2,1-3H3/i3D3. The monoisotopic (exact) mass is 284 g/mol. The van der Waals surface area contributed by atoms with Gasteiger partial charge in [-0.25, -0.2) is 4.98 Å². The van der Waals surface area contributed by atoms with Gasteiger partial charge in [0.25, 0.3) is 0 Å². The van der Waals surface area contributed by atoms with Gasteiger partial charge in [0.15, 0.2) is 0 Å². The number of hydrogen-bond acceptors (Lipinski definition) is 4. The summed E-state index contributed by atoms with van der Waals surface area (Å²) in [6.45, 7) is 3.63. The van der Waals surface area contributed by atoms with Crippen LogP contribution in [0.15, 0.2) is 24.7 Å². The second-order valence-corrected chi connectivity index (χ2v) is 5.23. The number of aromatic nitrogens is 3. The van der Waals surface area contributed by atoms with E-state index in [1.807, 2.05) is 0 Å². The molecule has 0 atom stereocenters. The molecule has 0 radical (unpaired) electrons. The van der Waals surface area contributed by atoms with Crippen LogP contribution in [0.1, 0.15) is 18.0 Å². The van der Waals surface area contributed by atoms with Crippen molar-refractivity contribution in [3.8, 4) is 16.9 Å². The number of rotatable bonds is 4. The maximum atomic E-state index is 9.81. The van der Waals surface area contributed by atoms with E-state index in [-0.39, 0.29) is 10.9 Å². The third kappa shape index (κ3) is 3.45. The summed E-state index contributed by atoms with van der Waals surface area (Å²) in [7, 11) is -2.59. The minimum atomic E-state index is -2.59. The molecule has 0 saturated carbocycles. The van der Waals surface area contributed by atoms with Crippen molar-refractivity contribution < 1.29 is 14.0 Å². The van der Waals surface area contributed by atoms with Gasteiger partial charge in [-0.2, -0.15) is 5.10 Å². The highest BCUT2D eigenvalue weighted by molar-refractivity contribution is 6.29. The molecule has 0 aromatic carbocycles. The average Bonchev–Trinajstić information content (AvgIpc) is 2.72. The average molecular weight is 285 g/mol. The number of ether oxygens (including phenoxy) is 1. The molecule has 1 N–H and O–H groups in total. The Morgan fingerprint density at radius 3 is 3.00 bits per heavy atom. The van der Waals surface area contributed by atoms with Gasteiger partial charge in [-0.05, 0) is 13.8 Å². The summed E-state index contributed by atoms with van der Waals surface area (Å²) in [4.78, 5) is 3.95. The minimum Gasteiger partial charge on any atom is -0.496 e. The van der Waals surface area contributed by atoms with Gasteiger partial charge in [-0.1, -0.05) is 11.6 Å². The molecule has 2 aromatic heterocycles. The Morgan fingerprint density at radius 1 is 1.53 bits per heavy atom. The summed E-state index contributed by atoms with van der Waals surface area (Å²) < 4.78 is 28.2. The zero-order chi connectivity index (χ0) is 16.5. The molecule has 0 spiro atoms. The molecule has 0 saturated heterocycles. The molecule has 0 aliphatic rings. The molecule has 6 heteroatoms. The summed E-state index contributed by atoms with van der Waals surface area (Å²) in [6, 6.07) is 1.34. The number of nitrogens with zero attached hydrogens (tertiary/aromatic N) is 3. The Hall–Kier alpha value is -1.59. The minimum absolute atomic E-state index is 0.0998. The molecular weight excluding hydrogens is 266 g/mol. The van der Waals surface area contributed by atoms with Gasteiger partial charge in [0.1, 0.15) is 10.9 Å². The molecule has 0 bridgehead atoms. The number of halogens is 1. The van der Waals surface area contributed by atoms with E-state index in [1.54, 1.807) is 30.9 Å². The lowest BCUT2D eigenvalue weighted by Crippen LogP contribution is -2.26. The Balaban J connectivity index is 2.36. The van der Waals surface area contributed by atoms with Crippen LogP contribution in [-0.4, -0.2) is 32.5 Å². The molecule has 2 heterocycles. The van der Waals surface area contributed by atoms with Gasteiger partial charge in [0.2, 0.25) is 0 Å². The van der Waals surface area contributed by atoms with Crippen LogP contribution in [0.2, 0.25) is 5.15 Å². The number of pyridine rings is 1. The van der Waals surface area contributed by atoms with Crippen molar-refractivity contribution in [3.63, 3.8) is 0 Å². The third-order valence-corrected chi connectivity index (χ3v) is 2.64. The van der Waals surface area contributed by atoms with Gasteiger partial charge in [0, 0.05) is 29.6 Å². The summed E-state index contributed by atoms with van der Waals surface area (Å²) in [5, 5.41) is 14.1. The molecule has 0 fully saturated rings. The lowest BCUT2D eigenvalue weighted by atomic mass is 10.1. The van der Waals surface area contributed by atoms with Gasteiger partial charge < -0.3 is 9.84 Å². The molecule has 5 nitrogen and oxygen atoms in total. The highest BCUT2D eigenvalue weighted by Crippen LogP contribution is 2.30. The summed E-state index contributed by atoms with van der Waals surface area (Å²) in [5.74, 6) is 0.0998. The summed E-state index contributed by atoms with van der Waals surface area (Å²) >= 11 is 5.80. The molecule has 0 aliphatic carbocycles. The van der Waals surface area contributed by atoms with Gasteiger partial charge in [-0.3, -0.25) is 4.68 Å². The molecule has 2 aromatic rings. The fraction of sp³-hybridized carbons (Fsp3) is 0.385. The SMILES string of the molecule is [2H]C([2H])([2H])Oc1cc(Cl)ncc1-c1cnn(CC(C)(C)O)c1. The molecule has 0 aliphatic heterocycles. The van der Waals surface area contributed by atoms with Crippen LogP contribution in [-0.2, 0) is 6.54 Å². The molecule has 0 amide bonds. The van der Waals surface area contributed by atoms with Gasteiger partial charge in [0.05, 0.1) is 29.5 Å². The molecule has 2 rings (SSSR count). The second-order valence-electron chi connectivity index (χ2n) is 4.84. The smallest absolute Gasteiger partial charge is 0.132 e. The van der Waals surface area contributed by atoms with Crippen molar-refractivity contribution in [2.75, 3.05) is 7.04 Å². The number of methoxy groups -OCH3 is 1. The maximum absolute atomic E-state index is 9.81. The van der Waals surface area contributed by atoms with E-state index in [0.717, 1.165) is 0 Å². The van der Waals surface area contributed by atoms with E-state index in [0.29, 0.717) is 17.7 Å². The van der Waals surface area contributed by atoms with E-state index in [1.165, 1.54) is 12.3 Å². The topological polar surface area (TPSA) is 60.2 Å². The second kappa shape index (κ2) is 5.19. The molecular formula is C13H16ClN3O2. The predicted molar refractivity (Wildman–Crippen MR) is 73.3 cm³/mol. The van der Waals surface area contributed by atoms with Crippen molar-refractivity contribution in [3.05, 3.63) is 29.8 Å². The Morgan fingerprint density at radius 2 is 2.32 bits per heavy atom. The quantitative estimate of drug-likeness (QED) is 0.876. The highest BCUT2D eigenvalue weighted by atomic mass is 35.5. The Kier molecular flexibility index (Phi) is 2.79. The van der Waals surface area contributed by atoms with E-state index in [9.17, 15) is 5.11 Å². The van der Waals surface area contributed by atoms with Crippen LogP contribution in [0.4, 0.5) is 0 Å². The van der Waals surface area contributed by atoms with Crippen LogP contribution in [0.3, 0.4) is 0 Å². The van der Waals surface area contributed by atoms with Crippen LogP contribution in [0.25, 0.3) is 11.1 Å². The summed E-state index contributed by atoms with van der Waals surface area (Å²) in [6.07, 6.45) is 4.65. The van der Waals surface area contributed by atoms with E-state index < -0.39 is 12.6 Å². The van der Waals surface area contributed by atoms with E-state index >= 15 is 0 Å². The largest absolute Gasteiger partial charge is 0.496 e. The fourth-order valence-corrected chi connectivity index (χ4v) is 1.85. The van der Waals surface area contributed by atoms with Crippen LogP contribution in [0.5, 0.6) is 5.75 Å². The van der Waals surface area contributed by atoms with E-state index in [2.05, 4.69) is 10.1 Å². The normalized spacial score (nSPS) is 14.6. The fourth-order valence-electron chi connectivity index (χ4n) is 1.70. The first kappa shape index (κ1) is 10.2. The van der Waals surface area contributed by atoms with Gasteiger partial charge >= 0.3 is 0 Å². The molecule has 19 heavy (non-hydrogen) atoms.